The van der Waals surface area contributed by atoms with Crippen LogP contribution in [0.5, 0.6) is 5.75 Å². The highest BCUT2D eigenvalue weighted by Crippen LogP contribution is 2.23. The van der Waals surface area contributed by atoms with Gasteiger partial charge >= 0.3 is 0 Å². The highest BCUT2D eigenvalue weighted by Gasteiger charge is 2.07. The number of benzene rings is 1. The molecule has 3 nitrogen and oxygen atoms in total. The van der Waals surface area contributed by atoms with Crippen molar-refractivity contribution in [1.82, 2.24) is 4.90 Å². The molecule has 15 heavy (non-hydrogen) atoms. The van der Waals surface area contributed by atoms with E-state index in [1.165, 1.54) is 6.08 Å². The van der Waals surface area contributed by atoms with Gasteiger partial charge in [-0.1, -0.05) is 12.1 Å². The third-order valence-electron chi connectivity index (χ3n) is 2.15. The molecule has 1 rings (SSSR count). The maximum Gasteiger partial charge on any atom is 0.120 e. The summed E-state index contributed by atoms with van der Waals surface area (Å²) in [6.45, 7) is 4.17. The second-order valence-electron chi connectivity index (χ2n) is 3.81. The molecule has 0 saturated carbocycles. The quantitative estimate of drug-likeness (QED) is 0.738. The van der Waals surface area contributed by atoms with Gasteiger partial charge in [0.2, 0.25) is 0 Å². The molecule has 1 aromatic carbocycles. The van der Waals surface area contributed by atoms with Crippen molar-refractivity contribution in [3.63, 3.8) is 0 Å². The van der Waals surface area contributed by atoms with Gasteiger partial charge in [-0.05, 0) is 31.8 Å². The van der Waals surface area contributed by atoms with Gasteiger partial charge in [0.05, 0.1) is 6.10 Å². The van der Waals surface area contributed by atoms with E-state index < -0.39 is 6.10 Å². The Bertz CT molecular complexity index is 347. The fourth-order valence-electron chi connectivity index (χ4n) is 1.39. The van der Waals surface area contributed by atoms with Crippen molar-refractivity contribution in [3.05, 3.63) is 42.0 Å². The van der Waals surface area contributed by atoms with Gasteiger partial charge < -0.3 is 15.1 Å². The molecule has 0 spiro atoms. The Morgan fingerprint density at radius 1 is 1.47 bits per heavy atom. The molecule has 2 N–H and O–H groups in total. The summed E-state index contributed by atoms with van der Waals surface area (Å²) in [5, 5.41) is 19.2. The first-order valence-corrected chi connectivity index (χ1v) is 4.81. The van der Waals surface area contributed by atoms with Gasteiger partial charge in [0.1, 0.15) is 5.75 Å². The predicted octanol–water partition coefficient (Wildman–Crippen LogP) is 1.67. The van der Waals surface area contributed by atoms with Crippen LogP contribution in [0.2, 0.25) is 0 Å². The third-order valence-corrected chi connectivity index (χ3v) is 2.15. The fourth-order valence-corrected chi connectivity index (χ4v) is 1.39. The van der Waals surface area contributed by atoms with E-state index >= 15 is 0 Å². The first-order chi connectivity index (χ1) is 7.04. The highest BCUT2D eigenvalue weighted by atomic mass is 16.3. The molecule has 0 aliphatic heterocycles. The number of nitrogens with zero attached hydrogens (tertiary/aromatic N) is 1. The Morgan fingerprint density at radius 2 is 2.13 bits per heavy atom. The molecule has 0 saturated heterocycles. The number of hydrogen-bond donors (Lipinski definition) is 2. The average molecular weight is 207 g/mol. The van der Waals surface area contributed by atoms with Gasteiger partial charge in [-0.25, -0.2) is 0 Å². The first-order valence-electron chi connectivity index (χ1n) is 4.81. The molecule has 0 heterocycles. The maximum atomic E-state index is 9.60. The van der Waals surface area contributed by atoms with Gasteiger partial charge in [-0.15, -0.1) is 6.58 Å². The van der Waals surface area contributed by atoms with Crippen molar-refractivity contribution in [2.45, 2.75) is 12.6 Å². The second-order valence-corrected chi connectivity index (χ2v) is 3.81. The average Bonchev–Trinajstić information content (AvgIpc) is 2.19. The van der Waals surface area contributed by atoms with Crippen LogP contribution in [0, 0.1) is 0 Å². The summed E-state index contributed by atoms with van der Waals surface area (Å²) in [4.78, 5) is 1.96. The summed E-state index contributed by atoms with van der Waals surface area (Å²) in [5.41, 5.74) is 1.55. The Balaban J connectivity index is 2.99. The number of hydrogen-bond acceptors (Lipinski definition) is 3. The number of aromatic hydroxyl groups is 1. The molecule has 0 aliphatic carbocycles. The van der Waals surface area contributed by atoms with Crippen molar-refractivity contribution in [2.75, 3.05) is 14.1 Å². The topological polar surface area (TPSA) is 43.7 Å². The lowest BCUT2D eigenvalue weighted by Crippen LogP contribution is -2.11. The van der Waals surface area contributed by atoms with E-state index in [2.05, 4.69) is 6.58 Å². The van der Waals surface area contributed by atoms with Crippen LogP contribution in [0.1, 0.15) is 17.2 Å². The summed E-state index contributed by atoms with van der Waals surface area (Å²) in [7, 11) is 3.85. The molecular weight excluding hydrogens is 190 g/mol. The summed E-state index contributed by atoms with van der Waals surface area (Å²) in [6.07, 6.45) is 0.790. The number of phenolic OH excluding ortho intramolecular Hbond substituents is 1. The third kappa shape index (κ3) is 3.08. The molecule has 3 heteroatoms. The Morgan fingerprint density at radius 3 is 2.67 bits per heavy atom. The summed E-state index contributed by atoms with van der Waals surface area (Å²) in [6, 6.07) is 5.09. The fraction of sp³-hybridized carbons (Fsp3) is 0.333. The number of aliphatic hydroxyl groups is 1. The lowest BCUT2D eigenvalue weighted by atomic mass is 10.0. The Kier molecular flexibility index (Phi) is 3.88. The van der Waals surface area contributed by atoms with Crippen molar-refractivity contribution < 1.29 is 10.2 Å². The molecule has 0 aromatic heterocycles. The zero-order valence-corrected chi connectivity index (χ0v) is 9.14. The van der Waals surface area contributed by atoms with Crippen molar-refractivity contribution >= 4 is 0 Å². The van der Waals surface area contributed by atoms with Crippen LogP contribution in [0.15, 0.2) is 30.9 Å². The smallest absolute Gasteiger partial charge is 0.120 e. The molecule has 0 amide bonds. The van der Waals surface area contributed by atoms with Crippen molar-refractivity contribution in [2.24, 2.45) is 0 Å². The van der Waals surface area contributed by atoms with Gasteiger partial charge in [-0.2, -0.15) is 0 Å². The lowest BCUT2D eigenvalue weighted by molar-refractivity contribution is 0.228. The molecule has 82 valence electrons. The standard InChI is InChI=1S/C12H17NO2/c1-4-11(14)9-5-6-12(15)10(7-9)8-13(2)3/h4-7,11,14-15H,1,8H2,2-3H3. The van der Waals surface area contributed by atoms with Crippen LogP contribution in [0.3, 0.4) is 0 Å². The monoisotopic (exact) mass is 207 g/mol. The van der Waals surface area contributed by atoms with E-state index in [1.807, 2.05) is 19.0 Å². The molecular formula is C12H17NO2. The van der Waals surface area contributed by atoms with E-state index in [0.717, 1.165) is 11.1 Å². The maximum absolute atomic E-state index is 9.60. The van der Waals surface area contributed by atoms with Gasteiger partial charge in [0.25, 0.3) is 0 Å². The van der Waals surface area contributed by atoms with Crippen molar-refractivity contribution in [1.29, 1.82) is 0 Å². The molecule has 1 atom stereocenters. The zero-order chi connectivity index (χ0) is 11.4. The Hall–Kier alpha value is -1.32. The van der Waals surface area contributed by atoms with E-state index in [4.69, 9.17) is 0 Å². The zero-order valence-electron chi connectivity index (χ0n) is 9.14. The van der Waals surface area contributed by atoms with E-state index in [1.54, 1.807) is 18.2 Å². The van der Waals surface area contributed by atoms with Crippen LogP contribution in [-0.2, 0) is 6.54 Å². The normalized spacial score (nSPS) is 12.8. The van der Waals surface area contributed by atoms with Gasteiger partial charge in [0, 0.05) is 12.1 Å². The summed E-state index contributed by atoms with van der Waals surface area (Å²) >= 11 is 0. The van der Waals surface area contributed by atoms with Crippen LogP contribution in [0.25, 0.3) is 0 Å². The van der Waals surface area contributed by atoms with Gasteiger partial charge in [0.15, 0.2) is 0 Å². The minimum absolute atomic E-state index is 0.253. The first kappa shape index (κ1) is 11.8. The molecule has 0 fully saturated rings. The predicted molar refractivity (Wildman–Crippen MR) is 60.7 cm³/mol. The van der Waals surface area contributed by atoms with Crippen molar-refractivity contribution in [3.8, 4) is 5.75 Å². The molecule has 1 aromatic rings. The summed E-state index contributed by atoms with van der Waals surface area (Å²) < 4.78 is 0. The summed E-state index contributed by atoms with van der Waals surface area (Å²) in [5.74, 6) is 0.253. The number of rotatable bonds is 4. The van der Waals surface area contributed by atoms with E-state index in [0.29, 0.717) is 6.54 Å². The Labute approximate surface area is 90.3 Å². The minimum Gasteiger partial charge on any atom is -0.508 e. The van der Waals surface area contributed by atoms with Crippen LogP contribution >= 0.6 is 0 Å². The minimum atomic E-state index is -0.675. The van der Waals surface area contributed by atoms with E-state index in [9.17, 15) is 10.2 Å². The highest BCUT2D eigenvalue weighted by molar-refractivity contribution is 5.37. The van der Waals surface area contributed by atoms with Crippen LogP contribution in [0.4, 0.5) is 0 Å². The molecule has 0 radical (unpaired) electrons. The largest absolute Gasteiger partial charge is 0.508 e. The van der Waals surface area contributed by atoms with Crippen LogP contribution < -0.4 is 0 Å². The molecule has 0 bridgehead atoms. The van der Waals surface area contributed by atoms with E-state index in [-0.39, 0.29) is 5.75 Å². The molecule has 1 unspecified atom stereocenters. The van der Waals surface area contributed by atoms with Gasteiger partial charge in [-0.3, -0.25) is 0 Å². The molecule has 0 aliphatic rings. The second kappa shape index (κ2) is 4.96. The number of phenols is 1. The van der Waals surface area contributed by atoms with Crippen LogP contribution in [-0.4, -0.2) is 29.2 Å². The lowest BCUT2D eigenvalue weighted by Gasteiger charge is -2.13. The SMILES string of the molecule is C=CC(O)c1ccc(O)c(CN(C)C)c1. The number of aliphatic hydroxyl groups excluding tert-OH is 1.